The Morgan fingerprint density at radius 3 is 2.76 bits per heavy atom. The minimum Gasteiger partial charge on any atom is -0.440 e. The minimum atomic E-state index is -0.174. The average Bonchev–Trinajstić information content (AvgIpc) is 2.60. The molecule has 1 aromatic heterocycles. The van der Waals surface area contributed by atoms with Crippen molar-refractivity contribution >= 4 is 28.8 Å². The second-order valence-corrected chi connectivity index (χ2v) is 6.42. The van der Waals surface area contributed by atoms with Gasteiger partial charge in [-0.2, -0.15) is 0 Å². The van der Waals surface area contributed by atoms with E-state index in [-0.39, 0.29) is 17.4 Å². The molecule has 0 spiro atoms. The first-order chi connectivity index (χ1) is 11.9. The SMILES string of the molecule is C=Cc1cc(C(=O)N(C)C)cc2c(=O)cc(N3CCOC(C)C3)oc12. The lowest BCUT2D eigenvalue weighted by Crippen LogP contribution is -2.41. The van der Waals surface area contributed by atoms with Gasteiger partial charge < -0.3 is 19.0 Å². The Morgan fingerprint density at radius 2 is 2.12 bits per heavy atom. The van der Waals surface area contributed by atoms with E-state index in [9.17, 15) is 9.59 Å². The van der Waals surface area contributed by atoms with E-state index in [1.165, 1.54) is 11.0 Å². The number of anilines is 1. The molecule has 1 aliphatic rings. The summed E-state index contributed by atoms with van der Waals surface area (Å²) in [5.41, 5.74) is 1.34. The molecular formula is C19H22N2O4. The standard InChI is InChI=1S/C19H22N2O4/c1-5-13-8-14(19(23)20(3)4)9-15-16(22)10-17(25-18(13)15)21-6-7-24-12(2)11-21/h5,8-10,12H,1,6-7,11H2,2-4H3. The fraction of sp³-hybridized carbons (Fsp3) is 0.368. The number of nitrogens with zero attached hydrogens (tertiary/aromatic N) is 2. The molecule has 132 valence electrons. The van der Waals surface area contributed by atoms with Crippen LogP contribution < -0.4 is 10.3 Å². The number of rotatable bonds is 3. The highest BCUT2D eigenvalue weighted by atomic mass is 16.5. The maximum absolute atomic E-state index is 12.7. The van der Waals surface area contributed by atoms with E-state index >= 15 is 0 Å². The fourth-order valence-corrected chi connectivity index (χ4v) is 2.98. The number of carbonyl (C=O) groups excluding carboxylic acids is 1. The minimum absolute atomic E-state index is 0.0775. The van der Waals surface area contributed by atoms with Crippen LogP contribution in [0.15, 0.2) is 34.0 Å². The summed E-state index contributed by atoms with van der Waals surface area (Å²) in [5, 5.41) is 0.382. The number of benzene rings is 1. The van der Waals surface area contributed by atoms with Gasteiger partial charge in [-0.1, -0.05) is 12.7 Å². The van der Waals surface area contributed by atoms with Crippen molar-refractivity contribution in [1.82, 2.24) is 4.90 Å². The molecule has 2 heterocycles. The summed E-state index contributed by atoms with van der Waals surface area (Å²) in [7, 11) is 3.34. The van der Waals surface area contributed by atoms with Crippen LogP contribution in [0.5, 0.6) is 0 Å². The van der Waals surface area contributed by atoms with Crippen LogP contribution in [0.3, 0.4) is 0 Å². The summed E-state index contributed by atoms with van der Waals surface area (Å²) in [6.45, 7) is 7.69. The van der Waals surface area contributed by atoms with Gasteiger partial charge in [0.15, 0.2) is 11.3 Å². The van der Waals surface area contributed by atoms with E-state index in [4.69, 9.17) is 9.15 Å². The molecule has 0 radical (unpaired) electrons. The molecule has 0 saturated carbocycles. The molecule has 1 fully saturated rings. The molecule has 1 aromatic carbocycles. The van der Waals surface area contributed by atoms with Gasteiger partial charge >= 0.3 is 0 Å². The van der Waals surface area contributed by atoms with E-state index in [0.717, 1.165) is 0 Å². The Kier molecular flexibility index (Phi) is 4.63. The van der Waals surface area contributed by atoms with Crippen LogP contribution in [0.25, 0.3) is 17.0 Å². The van der Waals surface area contributed by atoms with Crippen molar-refractivity contribution in [3.05, 3.63) is 46.1 Å². The zero-order valence-electron chi connectivity index (χ0n) is 14.7. The summed E-state index contributed by atoms with van der Waals surface area (Å²) in [4.78, 5) is 28.4. The largest absolute Gasteiger partial charge is 0.440 e. The molecule has 1 saturated heterocycles. The number of ether oxygens (including phenoxy) is 1. The molecule has 0 aliphatic carbocycles. The first-order valence-corrected chi connectivity index (χ1v) is 8.23. The van der Waals surface area contributed by atoms with Crippen LogP contribution in [0.2, 0.25) is 0 Å². The summed E-state index contributed by atoms with van der Waals surface area (Å²) < 4.78 is 11.6. The molecule has 1 atom stereocenters. The average molecular weight is 342 g/mol. The molecular weight excluding hydrogens is 320 g/mol. The van der Waals surface area contributed by atoms with Crippen LogP contribution >= 0.6 is 0 Å². The first kappa shape index (κ1) is 17.2. The zero-order valence-corrected chi connectivity index (χ0v) is 14.7. The molecule has 1 unspecified atom stereocenters. The highest BCUT2D eigenvalue weighted by molar-refractivity contribution is 5.99. The van der Waals surface area contributed by atoms with E-state index in [0.29, 0.717) is 47.7 Å². The molecule has 1 aliphatic heterocycles. The maximum Gasteiger partial charge on any atom is 0.253 e. The normalized spacial score (nSPS) is 17.6. The van der Waals surface area contributed by atoms with Crippen molar-refractivity contribution in [1.29, 1.82) is 0 Å². The molecule has 0 N–H and O–H groups in total. The number of carbonyl (C=O) groups is 1. The summed E-state index contributed by atoms with van der Waals surface area (Å²) in [5.74, 6) is 0.345. The van der Waals surface area contributed by atoms with Gasteiger partial charge in [0.1, 0.15) is 5.58 Å². The van der Waals surface area contributed by atoms with Crippen molar-refractivity contribution in [3.63, 3.8) is 0 Å². The Bertz CT molecular complexity index is 885. The molecule has 6 heteroatoms. The van der Waals surface area contributed by atoms with Gasteiger partial charge in [0.25, 0.3) is 5.91 Å². The first-order valence-electron chi connectivity index (χ1n) is 8.23. The highest BCUT2D eigenvalue weighted by Crippen LogP contribution is 2.26. The second kappa shape index (κ2) is 6.72. The highest BCUT2D eigenvalue weighted by Gasteiger charge is 2.21. The quantitative estimate of drug-likeness (QED) is 0.857. The van der Waals surface area contributed by atoms with Gasteiger partial charge in [-0.15, -0.1) is 0 Å². The Balaban J connectivity index is 2.14. The number of hydrogen-bond donors (Lipinski definition) is 0. The van der Waals surface area contributed by atoms with Gasteiger partial charge in [-0.05, 0) is 19.1 Å². The van der Waals surface area contributed by atoms with Crippen molar-refractivity contribution in [3.8, 4) is 0 Å². The molecule has 2 aromatic rings. The molecule has 0 bridgehead atoms. The van der Waals surface area contributed by atoms with Crippen LogP contribution in [0.1, 0.15) is 22.8 Å². The lowest BCUT2D eigenvalue weighted by Gasteiger charge is -2.31. The van der Waals surface area contributed by atoms with E-state index in [2.05, 4.69) is 6.58 Å². The monoisotopic (exact) mass is 342 g/mol. The second-order valence-electron chi connectivity index (χ2n) is 6.42. The van der Waals surface area contributed by atoms with Crippen molar-refractivity contribution in [2.75, 3.05) is 38.7 Å². The lowest BCUT2D eigenvalue weighted by molar-refractivity contribution is 0.0517. The van der Waals surface area contributed by atoms with Crippen LogP contribution in [-0.2, 0) is 4.74 Å². The van der Waals surface area contributed by atoms with E-state index in [1.54, 1.807) is 32.3 Å². The molecule has 6 nitrogen and oxygen atoms in total. The third-order valence-corrected chi connectivity index (χ3v) is 4.27. The fourth-order valence-electron chi connectivity index (χ4n) is 2.98. The van der Waals surface area contributed by atoms with Gasteiger partial charge in [0.05, 0.1) is 18.1 Å². The number of hydrogen-bond acceptors (Lipinski definition) is 5. The number of fused-ring (bicyclic) bond motifs is 1. The molecule has 25 heavy (non-hydrogen) atoms. The topological polar surface area (TPSA) is 63.0 Å². The van der Waals surface area contributed by atoms with E-state index in [1.807, 2.05) is 11.8 Å². The van der Waals surface area contributed by atoms with Crippen molar-refractivity contribution in [2.24, 2.45) is 0 Å². The van der Waals surface area contributed by atoms with Gasteiger partial charge in [-0.25, -0.2) is 0 Å². The Morgan fingerprint density at radius 1 is 1.36 bits per heavy atom. The predicted molar refractivity (Wildman–Crippen MR) is 98.2 cm³/mol. The van der Waals surface area contributed by atoms with Crippen LogP contribution in [0.4, 0.5) is 5.88 Å². The smallest absolute Gasteiger partial charge is 0.253 e. The summed E-state index contributed by atoms with van der Waals surface area (Å²) in [6.07, 6.45) is 1.68. The Labute approximate surface area is 146 Å². The maximum atomic E-state index is 12.7. The number of amides is 1. The number of morpholine rings is 1. The molecule has 3 rings (SSSR count). The van der Waals surface area contributed by atoms with Crippen LogP contribution in [-0.4, -0.2) is 50.7 Å². The van der Waals surface area contributed by atoms with Gasteiger partial charge in [-0.3, -0.25) is 9.59 Å². The third kappa shape index (κ3) is 3.30. The van der Waals surface area contributed by atoms with E-state index < -0.39 is 0 Å². The predicted octanol–water partition coefficient (Wildman–Crippen LogP) is 2.36. The molecule has 1 amide bonds. The van der Waals surface area contributed by atoms with Gasteiger partial charge in [0, 0.05) is 44.4 Å². The van der Waals surface area contributed by atoms with Gasteiger partial charge in [0.2, 0.25) is 0 Å². The Hall–Kier alpha value is -2.60. The zero-order chi connectivity index (χ0) is 18.1. The lowest BCUT2D eigenvalue weighted by atomic mass is 10.0. The third-order valence-electron chi connectivity index (χ3n) is 4.27. The van der Waals surface area contributed by atoms with Crippen LogP contribution in [0, 0.1) is 0 Å². The van der Waals surface area contributed by atoms with Crippen molar-refractivity contribution in [2.45, 2.75) is 13.0 Å². The van der Waals surface area contributed by atoms with Crippen molar-refractivity contribution < 1.29 is 13.9 Å². The summed E-state index contributed by atoms with van der Waals surface area (Å²) in [6, 6.07) is 4.77. The summed E-state index contributed by atoms with van der Waals surface area (Å²) >= 11 is 0.